The number of aromatic nitrogens is 2. The van der Waals surface area contributed by atoms with Gasteiger partial charge in [-0.1, -0.05) is 30.1 Å². The largest absolute Gasteiger partial charge is 0.384 e. The van der Waals surface area contributed by atoms with Gasteiger partial charge in [-0.3, -0.25) is 0 Å². The summed E-state index contributed by atoms with van der Waals surface area (Å²) < 4.78 is 1.65. The standard InChI is InChI=1S/C11H11Cl2N3S/c1-2-17-11-6-10(14)16(15-11)7-3-4-8(12)9(13)5-7/h3-6H,2,14H2,1H3. The van der Waals surface area contributed by atoms with E-state index in [0.29, 0.717) is 15.9 Å². The number of hydrogen-bond acceptors (Lipinski definition) is 3. The van der Waals surface area contributed by atoms with Gasteiger partial charge in [-0.05, 0) is 24.0 Å². The summed E-state index contributed by atoms with van der Waals surface area (Å²) in [6, 6.07) is 7.15. The fourth-order valence-electron chi connectivity index (χ4n) is 1.41. The van der Waals surface area contributed by atoms with Crippen molar-refractivity contribution in [3.8, 4) is 5.69 Å². The van der Waals surface area contributed by atoms with E-state index in [1.165, 1.54) is 0 Å². The average molecular weight is 288 g/mol. The van der Waals surface area contributed by atoms with E-state index in [9.17, 15) is 0 Å². The molecule has 2 rings (SSSR count). The maximum atomic E-state index is 5.96. The van der Waals surface area contributed by atoms with Crippen LogP contribution in [0, 0.1) is 0 Å². The predicted octanol–water partition coefficient (Wildman–Crippen LogP) is 3.87. The first-order valence-electron chi connectivity index (χ1n) is 5.05. The molecule has 0 aliphatic heterocycles. The summed E-state index contributed by atoms with van der Waals surface area (Å²) in [4.78, 5) is 0. The molecule has 0 amide bonds. The van der Waals surface area contributed by atoms with Crippen LogP contribution >= 0.6 is 35.0 Å². The molecular weight excluding hydrogens is 277 g/mol. The number of rotatable bonds is 3. The second-order valence-corrected chi connectivity index (χ2v) is 5.45. The molecule has 0 fully saturated rings. The van der Waals surface area contributed by atoms with Gasteiger partial charge in [0.2, 0.25) is 0 Å². The van der Waals surface area contributed by atoms with E-state index in [1.807, 2.05) is 12.1 Å². The molecule has 2 N–H and O–H groups in total. The Morgan fingerprint density at radius 3 is 2.71 bits per heavy atom. The molecule has 0 bridgehead atoms. The first-order valence-corrected chi connectivity index (χ1v) is 6.79. The third-order valence-corrected chi connectivity index (χ3v) is 3.68. The van der Waals surface area contributed by atoms with Gasteiger partial charge in [0.25, 0.3) is 0 Å². The van der Waals surface area contributed by atoms with Gasteiger partial charge in [0.1, 0.15) is 10.8 Å². The monoisotopic (exact) mass is 287 g/mol. The number of halogens is 2. The minimum absolute atomic E-state index is 0.490. The normalized spacial score (nSPS) is 10.8. The van der Waals surface area contributed by atoms with Crippen LogP contribution < -0.4 is 5.73 Å². The Kier molecular flexibility index (Phi) is 3.86. The van der Waals surface area contributed by atoms with Gasteiger partial charge in [0.05, 0.1) is 15.7 Å². The van der Waals surface area contributed by atoms with Crippen molar-refractivity contribution in [2.24, 2.45) is 0 Å². The Morgan fingerprint density at radius 2 is 2.06 bits per heavy atom. The minimum atomic E-state index is 0.490. The first kappa shape index (κ1) is 12.6. The van der Waals surface area contributed by atoms with Crippen molar-refractivity contribution in [2.75, 3.05) is 11.5 Å². The van der Waals surface area contributed by atoms with Gasteiger partial charge in [0.15, 0.2) is 0 Å². The molecule has 1 aromatic carbocycles. The topological polar surface area (TPSA) is 43.8 Å². The maximum Gasteiger partial charge on any atom is 0.128 e. The molecule has 17 heavy (non-hydrogen) atoms. The lowest BCUT2D eigenvalue weighted by atomic mass is 10.3. The highest BCUT2D eigenvalue weighted by Gasteiger charge is 2.08. The van der Waals surface area contributed by atoms with Crippen LogP contribution in [0.4, 0.5) is 5.82 Å². The number of nitrogens with zero attached hydrogens (tertiary/aromatic N) is 2. The van der Waals surface area contributed by atoms with Crippen molar-refractivity contribution in [1.82, 2.24) is 9.78 Å². The Balaban J connectivity index is 2.41. The number of thioether (sulfide) groups is 1. The molecule has 1 aromatic heterocycles. The van der Waals surface area contributed by atoms with Crippen LogP contribution in [0.2, 0.25) is 10.0 Å². The Hall–Kier alpha value is -0.840. The highest BCUT2D eigenvalue weighted by atomic mass is 35.5. The van der Waals surface area contributed by atoms with E-state index in [4.69, 9.17) is 28.9 Å². The second-order valence-electron chi connectivity index (χ2n) is 3.35. The van der Waals surface area contributed by atoms with E-state index in [-0.39, 0.29) is 0 Å². The number of hydrogen-bond donors (Lipinski definition) is 1. The van der Waals surface area contributed by atoms with Crippen molar-refractivity contribution in [3.05, 3.63) is 34.3 Å². The van der Waals surface area contributed by atoms with Crippen LogP contribution in [0.15, 0.2) is 29.3 Å². The van der Waals surface area contributed by atoms with Gasteiger partial charge in [-0.15, -0.1) is 11.8 Å². The van der Waals surface area contributed by atoms with Crippen molar-refractivity contribution >= 4 is 40.8 Å². The summed E-state index contributed by atoms with van der Waals surface area (Å²) in [5.74, 6) is 1.54. The van der Waals surface area contributed by atoms with Gasteiger partial charge >= 0.3 is 0 Å². The number of benzene rings is 1. The van der Waals surface area contributed by atoms with Crippen molar-refractivity contribution in [3.63, 3.8) is 0 Å². The molecule has 2 aromatic rings. The quantitative estimate of drug-likeness (QED) is 0.872. The third kappa shape index (κ3) is 2.70. The van der Waals surface area contributed by atoms with Crippen molar-refractivity contribution < 1.29 is 0 Å². The van der Waals surface area contributed by atoms with E-state index in [1.54, 1.807) is 28.6 Å². The van der Waals surface area contributed by atoms with Gasteiger partial charge < -0.3 is 5.73 Å². The van der Waals surface area contributed by atoms with Crippen molar-refractivity contribution in [2.45, 2.75) is 11.9 Å². The molecule has 0 aliphatic rings. The summed E-state index contributed by atoms with van der Waals surface area (Å²) in [6.07, 6.45) is 0. The molecule has 0 unspecified atom stereocenters. The molecule has 0 radical (unpaired) electrons. The minimum Gasteiger partial charge on any atom is -0.384 e. The van der Waals surface area contributed by atoms with Gasteiger partial charge in [0, 0.05) is 6.07 Å². The smallest absolute Gasteiger partial charge is 0.128 e. The van der Waals surface area contributed by atoms with Crippen LogP contribution in [0.1, 0.15) is 6.92 Å². The molecule has 90 valence electrons. The van der Waals surface area contributed by atoms with Crippen molar-refractivity contribution in [1.29, 1.82) is 0 Å². The van der Waals surface area contributed by atoms with Gasteiger partial charge in [-0.2, -0.15) is 5.10 Å². The molecule has 0 saturated carbocycles. The summed E-state index contributed by atoms with van der Waals surface area (Å²) in [5, 5.41) is 6.30. The Labute approximate surface area is 114 Å². The molecule has 0 atom stereocenters. The van der Waals surface area contributed by atoms with Crippen LogP contribution in [0.5, 0.6) is 0 Å². The van der Waals surface area contributed by atoms with Crippen LogP contribution in [0.3, 0.4) is 0 Å². The van der Waals surface area contributed by atoms with Gasteiger partial charge in [-0.25, -0.2) is 4.68 Å². The summed E-state index contributed by atoms with van der Waals surface area (Å²) in [6.45, 7) is 2.07. The van der Waals surface area contributed by atoms with E-state index in [0.717, 1.165) is 16.5 Å². The molecule has 0 saturated heterocycles. The molecular formula is C11H11Cl2N3S. The summed E-state index contributed by atoms with van der Waals surface area (Å²) in [7, 11) is 0. The Morgan fingerprint density at radius 1 is 1.29 bits per heavy atom. The fraction of sp³-hybridized carbons (Fsp3) is 0.182. The lowest BCUT2D eigenvalue weighted by molar-refractivity contribution is 0.846. The summed E-state index contributed by atoms with van der Waals surface area (Å²) >= 11 is 13.5. The van der Waals surface area contributed by atoms with E-state index >= 15 is 0 Å². The van der Waals surface area contributed by atoms with E-state index in [2.05, 4.69) is 12.0 Å². The molecule has 1 heterocycles. The molecule has 3 nitrogen and oxygen atoms in total. The zero-order valence-electron chi connectivity index (χ0n) is 9.15. The second kappa shape index (κ2) is 5.21. The summed E-state index contributed by atoms with van der Waals surface area (Å²) in [5.41, 5.74) is 6.71. The molecule has 6 heteroatoms. The highest BCUT2D eigenvalue weighted by molar-refractivity contribution is 7.99. The highest BCUT2D eigenvalue weighted by Crippen LogP contribution is 2.27. The maximum absolute atomic E-state index is 5.96. The average Bonchev–Trinajstić information content (AvgIpc) is 2.64. The molecule has 0 spiro atoms. The number of anilines is 1. The van der Waals surface area contributed by atoms with E-state index < -0.39 is 0 Å². The van der Waals surface area contributed by atoms with Crippen LogP contribution in [0.25, 0.3) is 5.69 Å². The van der Waals surface area contributed by atoms with Crippen LogP contribution in [-0.4, -0.2) is 15.5 Å². The van der Waals surface area contributed by atoms with Crippen LogP contribution in [-0.2, 0) is 0 Å². The zero-order chi connectivity index (χ0) is 12.4. The number of nitrogens with two attached hydrogens (primary N) is 1. The Bertz CT molecular complexity index is 540. The third-order valence-electron chi connectivity index (χ3n) is 2.15. The lowest BCUT2D eigenvalue weighted by Gasteiger charge is -2.04. The SMILES string of the molecule is CCSc1cc(N)n(-c2ccc(Cl)c(Cl)c2)n1. The zero-order valence-corrected chi connectivity index (χ0v) is 11.5. The lowest BCUT2D eigenvalue weighted by Crippen LogP contribution is -2.01. The fourth-order valence-corrected chi connectivity index (χ4v) is 2.35. The first-order chi connectivity index (χ1) is 8.11. The number of nitrogen functional groups attached to an aromatic ring is 1. The predicted molar refractivity (Wildman–Crippen MR) is 74.4 cm³/mol. The molecule has 0 aliphatic carbocycles.